The number of hydrogen-bond donors (Lipinski definition) is 2. The smallest absolute Gasteiger partial charge is 0.329 e. The number of carbonyl (C=O) groups excluding carboxylic acids is 1. The molecule has 0 aromatic rings. The number of aliphatic carboxylic acids is 1. The number of piperidine rings is 2. The summed E-state index contributed by atoms with van der Waals surface area (Å²) in [5.74, 6) is -0.604. The summed E-state index contributed by atoms with van der Waals surface area (Å²) < 4.78 is 0. The number of carboxylic acid groups (broad SMARTS) is 1. The summed E-state index contributed by atoms with van der Waals surface area (Å²) in [4.78, 5) is 26.4. The second kappa shape index (κ2) is 5.95. The van der Waals surface area contributed by atoms with E-state index in [0.717, 1.165) is 38.8 Å². The first-order valence-electron chi connectivity index (χ1n) is 8.06. The van der Waals surface area contributed by atoms with Crippen molar-refractivity contribution in [1.82, 2.24) is 10.2 Å². The van der Waals surface area contributed by atoms with E-state index in [1.54, 1.807) is 11.8 Å². The zero-order valence-corrected chi connectivity index (χ0v) is 13.4. The van der Waals surface area contributed by atoms with E-state index in [1.807, 2.05) is 13.8 Å². The zero-order chi connectivity index (χ0) is 15.7. The minimum Gasteiger partial charge on any atom is -0.480 e. The molecule has 0 aromatic heterocycles. The number of carboxylic acids is 1. The van der Waals surface area contributed by atoms with Crippen LogP contribution in [0.3, 0.4) is 0 Å². The van der Waals surface area contributed by atoms with Gasteiger partial charge in [-0.2, -0.15) is 0 Å². The lowest BCUT2D eigenvalue weighted by atomic mass is 9.72. The minimum atomic E-state index is -1.05. The van der Waals surface area contributed by atoms with Crippen molar-refractivity contribution in [3.8, 4) is 0 Å². The van der Waals surface area contributed by atoms with Gasteiger partial charge in [0.1, 0.15) is 5.54 Å². The van der Waals surface area contributed by atoms with E-state index in [0.29, 0.717) is 13.0 Å². The highest BCUT2D eigenvalue weighted by atomic mass is 16.4. The number of likely N-dealkylation sites (tertiary alicyclic amines) is 1. The van der Waals surface area contributed by atoms with E-state index in [1.165, 1.54) is 0 Å². The van der Waals surface area contributed by atoms with Crippen LogP contribution in [0.4, 0.5) is 0 Å². The Labute approximate surface area is 127 Å². The average molecular weight is 296 g/mol. The molecule has 2 saturated heterocycles. The number of nitrogens with zero attached hydrogens (tertiary/aromatic N) is 1. The quantitative estimate of drug-likeness (QED) is 0.834. The highest BCUT2D eigenvalue weighted by molar-refractivity contribution is 5.89. The Hall–Kier alpha value is -1.10. The lowest BCUT2D eigenvalue weighted by Gasteiger charge is -2.47. The summed E-state index contributed by atoms with van der Waals surface area (Å²) in [5, 5.41) is 12.9. The Morgan fingerprint density at radius 3 is 2.57 bits per heavy atom. The molecule has 2 unspecified atom stereocenters. The van der Waals surface area contributed by atoms with Crippen LogP contribution in [-0.2, 0) is 9.59 Å². The number of carbonyl (C=O) groups is 2. The maximum Gasteiger partial charge on any atom is 0.329 e. The highest BCUT2D eigenvalue weighted by Gasteiger charge is 2.49. The Balaban J connectivity index is 2.21. The van der Waals surface area contributed by atoms with Gasteiger partial charge in [-0.15, -0.1) is 0 Å². The van der Waals surface area contributed by atoms with E-state index in [4.69, 9.17) is 0 Å². The maximum absolute atomic E-state index is 13.1. The number of hydrogen-bond acceptors (Lipinski definition) is 3. The number of nitrogens with one attached hydrogen (secondary N) is 1. The van der Waals surface area contributed by atoms with Crippen LogP contribution in [0.2, 0.25) is 0 Å². The van der Waals surface area contributed by atoms with Crippen LogP contribution in [0.1, 0.15) is 52.9 Å². The molecule has 120 valence electrons. The molecule has 21 heavy (non-hydrogen) atoms. The van der Waals surface area contributed by atoms with Gasteiger partial charge in [-0.3, -0.25) is 4.79 Å². The molecule has 2 fully saturated rings. The maximum atomic E-state index is 13.1. The van der Waals surface area contributed by atoms with Gasteiger partial charge < -0.3 is 15.3 Å². The fourth-order valence-electron chi connectivity index (χ4n) is 3.66. The first-order valence-corrected chi connectivity index (χ1v) is 8.06. The van der Waals surface area contributed by atoms with E-state index < -0.39 is 16.9 Å². The minimum absolute atomic E-state index is 0.000741. The van der Waals surface area contributed by atoms with Gasteiger partial charge in [0, 0.05) is 12.0 Å². The predicted molar refractivity (Wildman–Crippen MR) is 81.0 cm³/mol. The Morgan fingerprint density at radius 2 is 2.00 bits per heavy atom. The van der Waals surface area contributed by atoms with Crippen molar-refractivity contribution in [3.05, 3.63) is 0 Å². The summed E-state index contributed by atoms with van der Waals surface area (Å²) in [6.07, 6.45) is 4.43. The van der Waals surface area contributed by atoms with Crippen molar-refractivity contribution >= 4 is 11.9 Å². The van der Waals surface area contributed by atoms with Crippen LogP contribution < -0.4 is 5.32 Å². The molecule has 2 rings (SSSR count). The zero-order valence-electron chi connectivity index (χ0n) is 13.4. The van der Waals surface area contributed by atoms with Crippen LogP contribution in [0.15, 0.2) is 0 Å². The summed E-state index contributed by atoms with van der Waals surface area (Å²) in [6.45, 7) is 8.06. The van der Waals surface area contributed by atoms with Crippen molar-refractivity contribution in [3.63, 3.8) is 0 Å². The van der Waals surface area contributed by atoms with Crippen molar-refractivity contribution in [1.29, 1.82) is 0 Å². The third-order valence-corrected chi connectivity index (χ3v) is 5.47. The van der Waals surface area contributed by atoms with Crippen LogP contribution in [-0.4, -0.2) is 47.1 Å². The molecule has 5 heteroatoms. The van der Waals surface area contributed by atoms with Crippen molar-refractivity contribution in [2.75, 3.05) is 19.6 Å². The highest BCUT2D eigenvalue weighted by Crippen LogP contribution is 2.38. The summed E-state index contributed by atoms with van der Waals surface area (Å²) in [7, 11) is 0. The van der Waals surface area contributed by atoms with Crippen molar-refractivity contribution in [2.45, 2.75) is 58.4 Å². The number of amides is 1. The molecule has 2 atom stereocenters. The van der Waals surface area contributed by atoms with Gasteiger partial charge in [0.05, 0.1) is 0 Å². The van der Waals surface area contributed by atoms with Gasteiger partial charge >= 0.3 is 5.97 Å². The van der Waals surface area contributed by atoms with Gasteiger partial charge in [0.15, 0.2) is 0 Å². The van der Waals surface area contributed by atoms with Crippen LogP contribution in [0.5, 0.6) is 0 Å². The van der Waals surface area contributed by atoms with Gasteiger partial charge in [0.2, 0.25) is 5.91 Å². The molecular formula is C16H28N2O3. The molecule has 0 bridgehead atoms. The molecule has 5 nitrogen and oxygen atoms in total. The molecule has 0 aromatic carbocycles. The molecule has 2 N–H and O–H groups in total. The largest absolute Gasteiger partial charge is 0.480 e. The lowest BCUT2D eigenvalue weighted by molar-refractivity contribution is -0.167. The summed E-state index contributed by atoms with van der Waals surface area (Å²) in [5.41, 5.74) is -1.56. The van der Waals surface area contributed by atoms with E-state index in [9.17, 15) is 14.7 Å². The van der Waals surface area contributed by atoms with Gasteiger partial charge in [-0.25, -0.2) is 4.79 Å². The lowest BCUT2D eigenvalue weighted by Crippen LogP contribution is -2.61. The molecule has 0 aliphatic carbocycles. The molecule has 0 saturated carbocycles. The predicted octanol–water partition coefficient (Wildman–Crippen LogP) is 1.87. The van der Waals surface area contributed by atoms with Crippen molar-refractivity contribution in [2.24, 2.45) is 11.3 Å². The first-order chi connectivity index (χ1) is 9.80. The molecule has 2 aliphatic heterocycles. The Morgan fingerprint density at radius 1 is 1.29 bits per heavy atom. The van der Waals surface area contributed by atoms with Crippen LogP contribution in [0.25, 0.3) is 0 Å². The molecule has 1 amide bonds. The summed E-state index contributed by atoms with van der Waals surface area (Å²) in [6, 6.07) is 0. The van der Waals surface area contributed by atoms with E-state index in [-0.39, 0.29) is 11.8 Å². The van der Waals surface area contributed by atoms with Gasteiger partial charge in [-0.05, 0) is 58.0 Å². The first kappa shape index (κ1) is 16.3. The fraction of sp³-hybridized carbons (Fsp3) is 0.875. The Bertz CT molecular complexity index is 416. The second-order valence-electron chi connectivity index (χ2n) is 7.26. The molecule has 2 heterocycles. The van der Waals surface area contributed by atoms with E-state index >= 15 is 0 Å². The van der Waals surface area contributed by atoms with Gasteiger partial charge in [0.25, 0.3) is 0 Å². The van der Waals surface area contributed by atoms with Gasteiger partial charge in [-0.1, -0.05) is 13.8 Å². The fourth-order valence-corrected chi connectivity index (χ4v) is 3.66. The normalized spacial score (nSPS) is 31.0. The SMILES string of the molecule is CC(C)(C(=O)N1CCCCC1(C)C(=O)O)C1CCCNC1. The van der Waals surface area contributed by atoms with Crippen LogP contribution in [0, 0.1) is 11.3 Å². The monoisotopic (exact) mass is 296 g/mol. The second-order valence-corrected chi connectivity index (χ2v) is 7.26. The third kappa shape index (κ3) is 2.93. The standard InChI is InChI=1S/C16H28N2O3/c1-15(2,12-7-6-9-17-11-12)13(19)18-10-5-4-8-16(18,3)14(20)21/h12,17H,4-11H2,1-3H3,(H,20,21). The molecular weight excluding hydrogens is 268 g/mol. The Kier molecular flexibility index (Phi) is 4.61. The third-order valence-electron chi connectivity index (χ3n) is 5.47. The molecule has 0 radical (unpaired) electrons. The molecule has 2 aliphatic rings. The van der Waals surface area contributed by atoms with E-state index in [2.05, 4.69) is 5.32 Å². The average Bonchev–Trinajstić information content (AvgIpc) is 2.47. The molecule has 0 spiro atoms. The number of rotatable bonds is 3. The van der Waals surface area contributed by atoms with Crippen LogP contribution >= 0.6 is 0 Å². The summed E-state index contributed by atoms with van der Waals surface area (Å²) >= 11 is 0. The topological polar surface area (TPSA) is 69.6 Å². The van der Waals surface area contributed by atoms with Crippen molar-refractivity contribution < 1.29 is 14.7 Å².